The zero-order valence-electron chi connectivity index (χ0n) is 11.2. The normalized spacial score (nSPS) is 25.9. The molecule has 0 aliphatic carbocycles. The summed E-state index contributed by atoms with van der Waals surface area (Å²) in [5.74, 6) is 0.0972. The van der Waals surface area contributed by atoms with Gasteiger partial charge in [-0.1, -0.05) is 0 Å². The number of ether oxygens (including phenoxy) is 1. The maximum Gasteiger partial charge on any atom is 0.227 e. The smallest absolute Gasteiger partial charge is 0.227 e. The summed E-state index contributed by atoms with van der Waals surface area (Å²) >= 11 is 0. The number of carbonyl (C=O) groups excluding carboxylic acids is 2. The van der Waals surface area contributed by atoms with Gasteiger partial charge in [-0.25, -0.2) is 0 Å². The lowest BCUT2D eigenvalue weighted by molar-refractivity contribution is -0.134. The van der Waals surface area contributed by atoms with Crippen molar-refractivity contribution in [2.24, 2.45) is 5.92 Å². The molecule has 0 spiro atoms. The van der Waals surface area contributed by atoms with E-state index in [2.05, 4.69) is 0 Å². The second-order valence-corrected chi connectivity index (χ2v) is 5.28. The van der Waals surface area contributed by atoms with Crippen LogP contribution in [0, 0.1) is 5.92 Å². The molecular formula is C13H22N2O3. The lowest BCUT2D eigenvalue weighted by Crippen LogP contribution is -2.39. The van der Waals surface area contributed by atoms with Gasteiger partial charge in [0.2, 0.25) is 11.8 Å². The molecule has 2 rings (SSSR count). The van der Waals surface area contributed by atoms with Crippen LogP contribution in [0.4, 0.5) is 0 Å². The van der Waals surface area contributed by atoms with Gasteiger partial charge in [-0.3, -0.25) is 9.59 Å². The van der Waals surface area contributed by atoms with Gasteiger partial charge in [-0.2, -0.15) is 0 Å². The molecule has 5 heteroatoms. The fourth-order valence-corrected chi connectivity index (χ4v) is 2.85. The molecule has 18 heavy (non-hydrogen) atoms. The Balaban J connectivity index is 1.93. The summed E-state index contributed by atoms with van der Waals surface area (Å²) in [6.07, 6.45) is 2.55. The van der Waals surface area contributed by atoms with Crippen LogP contribution < -0.4 is 0 Å². The van der Waals surface area contributed by atoms with E-state index in [0.29, 0.717) is 19.6 Å². The van der Waals surface area contributed by atoms with Crippen LogP contribution in [0.25, 0.3) is 0 Å². The molecule has 0 aromatic rings. The molecule has 2 saturated heterocycles. The van der Waals surface area contributed by atoms with Crippen molar-refractivity contribution < 1.29 is 14.3 Å². The van der Waals surface area contributed by atoms with E-state index in [-0.39, 0.29) is 23.8 Å². The van der Waals surface area contributed by atoms with Crippen molar-refractivity contribution in [3.05, 3.63) is 0 Å². The fraction of sp³-hybridized carbons (Fsp3) is 0.846. The summed E-state index contributed by atoms with van der Waals surface area (Å²) in [6.45, 7) is 4.76. The number of rotatable bonds is 4. The molecule has 2 amide bonds. The van der Waals surface area contributed by atoms with E-state index in [1.165, 1.54) is 0 Å². The number of hydrogen-bond donors (Lipinski definition) is 0. The molecule has 5 nitrogen and oxygen atoms in total. The average Bonchev–Trinajstić information content (AvgIpc) is 2.97. The summed E-state index contributed by atoms with van der Waals surface area (Å²) in [5.41, 5.74) is 0. The van der Waals surface area contributed by atoms with Crippen molar-refractivity contribution in [2.45, 2.75) is 32.2 Å². The number of methoxy groups -OCH3 is 1. The highest BCUT2D eigenvalue weighted by Gasteiger charge is 2.38. The zero-order valence-corrected chi connectivity index (χ0v) is 11.2. The fourth-order valence-electron chi connectivity index (χ4n) is 2.85. The van der Waals surface area contributed by atoms with Crippen LogP contribution >= 0.6 is 0 Å². The van der Waals surface area contributed by atoms with Gasteiger partial charge >= 0.3 is 0 Å². The molecule has 0 N–H and O–H groups in total. The van der Waals surface area contributed by atoms with Gasteiger partial charge in [0.25, 0.3) is 0 Å². The summed E-state index contributed by atoms with van der Waals surface area (Å²) in [6, 6.07) is 0.0545. The van der Waals surface area contributed by atoms with Crippen molar-refractivity contribution in [3.63, 3.8) is 0 Å². The number of likely N-dealkylation sites (tertiary alicyclic amines) is 2. The lowest BCUT2D eigenvalue weighted by atomic mass is 10.1. The highest BCUT2D eigenvalue weighted by atomic mass is 16.5. The topological polar surface area (TPSA) is 49.9 Å². The third kappa shape index (κ3) is 2.66. The highest BCUT2D eigenvalue weighted by molar-refractivity contribution is 5.89. The molecule has 102 valence electrons. The highest BCUT2D eigenvalue weighted by Crippen LogP contribution is 2.24. The van der Waals surface area contributed by atoms with E-state index >= 15 is 0 Å². The van der Waals surface area contributed by atoms with Crippen molar-refractivity contribution in [3.8, 4) is 0 Å². The van der Waals surface area contributed by atoms with E-state index in [0.717, 1.165) is 25.9 Å². The number of nitrogens with zero attached hydrogens (tertiary/aromatic N) is 2. The Bertz CT molecular complexity index is 326. The number of hydrogen-bond acceptors (Lipinski definition) is 3. The molecule has 0 radical (unpaired) electrons. The second kappa shape index (κ2) is 5.69. The summed E-state index contributed by atoms with van der Waals surface area (Å²) in [4.78, 5) is 27.8. The predicted octanol–water partition coefficient (Wildman–Crippen LogP) is 0.492. The van der Waals surface area contributed by atoms with Gasteiger partial charge in [0.05, 0.1) is 18.6 Å². The molecule has 2 aliphatic heterocycles. The Kier molecular flexibility index (Phi) is 4.22. The molecule has 0 aromatic heterocycles. The molecule has 2 heterocycles. The van der Waals surface area contributed by atoms with Gasteiger partial charge in [0.15, 0.2) is 0 Å². The van der Waals surface area contributed by atoms with Gasteiger partial charge in [0.1, 0.15) is 0 Å². The molecule has 0 unspecified atom stereocenters. The minimum absolute atomic E-state index is 0.0545. The van der Waals surface area contributed by atoms with Crippen LogP contribution in [0.15, 0.2) is 0 Å². The molecule has 0 bridgehead atoms. The Hall–Kier alpha value is -1.10. The molecule has 2 aliphatic rings. The summed E-state index contributed by atoms with van der Waals surface area (Å²) in [5, 5.41) is 0. The SMILES string of the molecule is COC[C@H](C)N1C[C@@H](C(=O)N2CCCC2)CC1=O. The summed E-state index contributed by atoms with van der Waals surface area (Å²) in [7, 11) is 1.63. The Morgan fingerprint density at radius 2 is 2.11 bits per heavy atom. The van der Waals surface area contributed by atoms with E-state index < -0.39 is 0 Å². The summed E-state index contributed by atoms with van der Waals surface area (Å²) < 4.78 is 5.07. The standard InChI is InChI=1S/C13H22N2O3/c1-10(9-18-2)15-8-11(7-12(15)16)13(17)14-5-3-4-6-14/h10-11H,3-9H2,1-2H3/t10-,11-/m0/s1. The number of amides is 2. The molecule has 2 atom stereocenters. The Labute approximate surface area is 108 Å². The third-order valence-corrected chi connectivity index (χ3v) is 3.87. The monoisotopic (exact) mass is 254 g/mol. The average molecular weight is 254 g/mol. The van der Waals surface area contributed by atoms with E-state index in [1.54, 1.807) is 12.0 Å². The van der Waals surface area contributed by atoms with Gasteiger partial charge in [0, 0.05) is 33.2 Å². The third-order valence-electron chi connectivity index (χ3n) is 3.87. The van der Waals surface area contributed by atoms with E-state index in [1.807, 2.05) is 11.8 Å². The Morgan fingerprint density at radius 1 is 1.44 bits per heavy atom. The second-order valence-electron chi connectivity index (χ2n) is 5.28. The lowest BCUT2D eigenvalue weighted by Gasteiger charge is -2.25. The van der Waals surface area contributed by atoms with Gasteiger partial charge in [-0.15, -0.1) is 0 Å². The van der Waals surface area contributed by atoms with Crippen molar-refractivity contribution in [2.75, 3.05) is 33.4 Å². The first-order chi connectivity index (χ1) is 8.63. The largest absolute Gasteiger partial charge is 0.383 e. The van der Waals surface area contributed by atoms with Crippen molar-refractivity contribution in [1.29, 1.82) is 0 Å². The quantitative estimate of drug-likeness (QED) is 0.733. The molecular weight excluding hydrogens is 232 g/mol. The van der Waals surface area contributed by atoms with Crippen LogP contribution in [0.1, 0.15) is 26.2 Å². The van der Waals surface area contributed by atoms with Crippen LogP contribution in [0.2, 0.25) is 0 Å². The molecule has 0 aromatic carbocycles. The van der Waals surface area contributed by atoms with Crippen molar-refractivity contribution >= 4 is 11.8 Å². The van der Waals surface area contributed by atoms with Gasteiger partial charge in [-0.05, 0) is 19.8 Å². The Morgan fingerprint density at radius 3 is 2.72 bits per heavy atom. The first kappa shape index (κ1) is 13.3. The van der Waals surface area contributed by atoms with Crippen LogP contribution in [-0.2, 0) is 14.3 Å². The van der Waals surface area contributed by atoms with Crippen LogP contribution in [0.3, 0.4) is 0 Å². The van der Waals surface area contributed by atoms with E-state index in [9.17, 15) is 9.59 Å². The first-order valence-corrected chi connectivity index (χ1v) is 6.70. The molecule has 0 saturated carbocycles. The van der Waals surface area contributed by atoms with Crippen molar-refractivity contribution in [1.82, 2.24) is 9.80 Å². The number of carbonyl (C=O) groups is 2. The van der Waals surface area contributed by atoms with Crippen LogP contribution in [-0.4, -0.2) is 61.0 Å². The minimum Gasteiger partial charge on any atom is -0.383 e. The van der Waals surface area contributed by atoms with E-state index in [4.69, 9.17) is 4.74 Å². The minimum atomic E-state index is -0.144. The zero-order chi connectivity index (χ0) is 13.1. The van der Waals surface area contributed by atoms with Gasteiger partial charge < -0.3 is 14.5 Å². The predicted molar refractivity (Wildman–Crippen MR) is 67.0 cm³/mol. The maximum atomic E-state index is 12.2. The maximum absolute atomic E-state index is 12.2. The molecule has 2 fully saturated rings. The first-order valence-electron chi connectivity index (χ1n) is 6.70. The van der Waals surface area contributed by atoms with Crippen LogP contribution in [0.5, 0.6) is 0 Å².